The average Bonchev–Trinajstić information content (AvgIpc) is 2.61. The molecule has 0 heterocycles. The van der Waals surface area contributed by atoms with Crippen LogP contribution in [0.3, 0.4) is 0 Å². The molecule has 1 amide bonds. The van der Waals surface area contributed by atoms with Gasteiger partial charge in [0.2, 0.25) is 5.91 Å². The number of nitrogens with one attached hydrogen (secondary N) is 1. The largest absolute Gasteiger partial charge is 0.374 e. The van der Waals surface area contributed by atoms with E-state index in [1.54, 1.807) is 6.92 Å². The highest BCUT2D eigenvalue weighted by Gasteiger charge is 2.23. The minimum atomic E-state index is -0.0959. The fraction of sp³-hybridized carbons (Fsp3) is 0.300. The Hall–Kier alpha value is -2.20. The maximum Gasteiger partial charge on any atom is 0.220 e. The normalized spacial score (nSPS) is 11.6. The van der Waals surface area contributed by atoms with Gasteiger partial charge in [0.15, 0.2) is 0 Å². The highest BCUT2D eigenvalue weighted by atomic mass is 32.1. The summed E-state index contributed by atoms with van der Waals surface area (Å²) in [5, 5.41) is 3.31. The summed E-state index contributed by atoms with van der Waals surface area (Å²) in [6.45, 7) is 4.91. The van der Waals surface area contributed by atoms with Crippen molar-refractivity contribution >= 4 is 23.1 Å². The number of thiocarbonyl (C=S) groups is 1. The summed E-state index contributed by atoms with van der Waals surface area (Å²) >= 11 is 5.58. The Morgan fingerprint density at radius 2 is 1.58 bits per heavy atom. The van der Waals surface area contributed by atoms with Gasteiger partial charge >= 0.3 is 0 Å². The number of carbonyl (C=O) groups is 1. The maximum atomic E-state index is 12.2. The van der Waals surface area contributed by atoms with Crippen molar-refractivity contribution in [2.24, 2.45) is 0 Å². The van der Waals surface area contributed by atoms with Crippen LogP contribution in [0.2, 0.25) is 0 Å². The van der Waals surface area contributed by atoms with Crippen LogP contribution < -0.4 is 5.32 Å². The summed E-state index contributed by atoms with van der Waals surface area (Å²) in [7, 11) is 0. The van der Waals surface area contributed by atoms with Gasteiger partial charge in [-0.15, -0.1) is 0 Å². The van der Waals surface area contributed by atoms with E-state index < -0.39 is 0 Å². The summed E-state index contributed by atoms with van der Waals surface area (Å²) in [5.41, 5.74) is 2.28. The quantitative estimate of drug-likeness (QED) is 0.775. The highest BCUT2D eigenvalue weighted by Crippen LogP contribution is 2.13. The topological polar surface area (TPSA) is 32.3 Å². The van der Waals surface area contributed by atoms with Crippen molar-refractivity contribution in [3.8, 4) is 0 Å². The Morgan fingerprint density at radius 1 is 1.04 bits per heavy atom. The Morgan fingerprint density at radius 3 is 2.08 bits per heavy atom. The Kier molecular flexibility index (Phi) is 6.94. The van der Waals surface area contributed by atoms with Gasteiger partial charge in [-0.2, -0.15) is 0 Å². The Labute approximate surface area is 149 Å². The van der Waals surface area contributed by atoms with Crippen molar-refractivity contribution < 1.29 is 4.79 Å². The summed E-state index contributed by atoms with van der Waals surface area (Å²) < 4.78 is 0. The van der Waals surface area contributed by atoms with Crippen molar-refractivity contribution in [3.63, 3.8) is 0 Å². The lowest BCUT2D eigenvalue weighted by atomic mass is 10.1. The monoisotopic (exact) mass is 340 g/mol. The van der Waals surface area contributed by atoms with E-state index >= 15 is 0 Å². The van der Waals surface area contributed by atoms with Gasteiger partial charge in [0.1, 0.15) is 0 Å². The van der Waals surface area contributed by atoms with Gasteiger partial charge in [-0.25, -0.2) is 0 Å². The van der Waals surface area contributed by atoms with Crippen LogP contribution in [0, 0.1) is 0 Å². The summed E-state index contributed by atoms with van der Waals surface area (Å²) in [6, 6.07) is 20.0. The van der Waals surface area contributed by atoms with Crippen molar-refractivity contribution in [3.05, 3.63) is 71.8 Å². The standard InChI is InChI=1S/C20H24N2OS/c1-3-19(20(24)21-14-17-10-6-4-7-11-17)22(16(2)23)15-18-12-8-5-9-13-18/h4-13,19H,3,14-15H2,1-2H3,(H,21,24)/t19-/m1/s1. The molecule has 0 aromatic heterocycles. The molecule has 0 aliphatic rings. The molecule has 0 radical (unpaired) electrons. The average molecular weight is 340 g/mol. The molecule has 2 aromatic rings. The van der Waals surface area contributed by atoms with Crippen LogP contribution in [-0.2, 0) is 17.9 Å². The molecule has 1 atom stereocenters. The smallest absolute Gasteiger partial charge is 0.220 e. The van der Waals surface area contributed by atoms with Crippen LogP contribution in [-0.4, -0.2) is 21.8 Å². The number of rotatable bonds is 7. The van der Waals surface area contributed by atoms with E-state index in [1.165, 1.54) is 5.56 Å². The predicted molar refractivity (Wildman–Crippen MR) is 103 cm³/mol. The molecule has 0 saturated carbocycles. The molecule has 4 heteroatoms. The molecule has 3 nitrogen and oxygen atoms in total. The SMILES string of the molecule is CC[C@H](C(=S)NCc1ccccc1)N(Cc1ccccc1)C(C)=O. The Balaban J connectivity index is 2.05. The Bertz CT molecular complexity index is 658. The lowest BCUT2D eigenvalue weighted by Gasteiger charge is -2.31. The molecule has 0 fully saturated rings. The zero-order chi connectivity index (χ0) is 17.4. The van der Waals surface area contributed by atoms with Gasteiger partial charge in [0.05, 0.1) is 11.0 Å². The second-order valence-electron chi connectivity index (χ2n) is 5.76. The molecule has 2 rings (SSSR count). The predicted octanol–water partition coefficient (Wildman–Crippen LogP) is 3.93. The van der Waals surface area contributed by atoms with Crippen molar-refractivity contribution in [1.29, 1.82) is 0 Å². The second kappa shape index (κ2) is 9.18. The molecule has 0 aliphatic carbocycles. The van der Waals surface area contributed by atoms with Crippen LogP contribution in [0.4, 0.5) is 0 Å². The van der Waals surface area contributed by atoms with Crippen molar-refractivity contribution in [2.75, 3.05) is 0 Å². The number of amides is 1. The number of hydrogen-bond acceptors (Lipinski definition) is 2. The van der Waals surface area contributed by atoms with Gasteiger partial charge in [-0.05, 0) is 17.5 Å². The maximum absolute atomic E-state index is 12.2. The number of nitrogens with zero attached hydrogens (tertiary/aromatic N) is 1. The fourth-order valence-corrected chi connectivity index (χ4v) is 3.04. The highest BCUT2D eigenvalue weighted by molar-refractivity contribution is 7.80. The molecule has 24 heavy (non-hydrogen) atoms. The van der Waals surface area contributed by atoms with Gasteiger partial charge in [0, 0.05) is 20.0 Å². The molecule has 126 valence electrons. The zero-order valence-electron chi connectivity index (χ0n) is 14.2. The van der Waals surface area contributed by atoms with Crippen LogP contribution in [0.5, 0.6) is 0 Å². The van der Waals surface area contributed by atoms with Crippen LogP contribution >= 0.6 is 12.2 Å². The van der Waals surface area contributed by atoms with E-state index in [0.717, 1.165) is 12.0 Å². The first-order valence-electron chi connectivity index (χ1n) is 8.24. The number of benzene rings is 2. The van der Waals surface area contributed by atoms with Gasteiger partial charge < -0.3 is 10.2 Å². The fourth-order valence-electron chi connectivity index (χ4n) is 2.67. The van der Waals surface area contributed by atoms with E-state index in [1.807, 2.05) is 53.4 Å². The first-order valence-corrected chi connectivity index (χ1v) is 8.65. The van der Waals surface area contributed by atoms with E-state index in [2.05, 4.69) is 24.4 Å². The number of carbonyl (C=O) groups excluding carboxylic acids is 1. The molecule has 0 unspecified atom stereocenters. The van der Waals surface area contributed by atoms with Crippen LogP contribution in [0.15, 0.2) is 60.7 Å². The lowest BCUT2D eigenvalue weighted by Crippen LogP contribution is -2.47. The summed E-state index contributed by atoms with van der Waals surface area (Å²) in [6.07, 6.45) is 0.785. The first-order chi connectivity index (χ1) is 11.6. The minimum Gasteiger partial charge on any atom is -0.374 e. The molecule has 2 aromatic carbocycles. The van der Waals surface area contributed by atoms with Crippen molar-refractivity contribution in [1.82, 2.24) is 10.2 Å². The van der Waals surface area contributed by atoms with Crippen LogP contribution in [0.25, 0.3) is 0 Å². The molecule has 1 N–H and O–H groups in total. The van der Waals surface area contributed by atoms with Crippen molar-refractivity contribution in [2.45, 2.75) is 39.4 Å². The third-order valence-electron chi connectivity index (χ3n) is 3.98. The van der Waals surface area contributed by atoms with Gasteiger partial charge in [-0.3, -0.25) is 4.79 Å². The van der Waals surface area contributed by atoms with Gasteiger partial charge in [0.25, 0.3) is 0 Å². The van der Waals surface area contributed by atoms with Gasteiger partial charge in [-0.1, -0.05) is 79.8 Å². The summed E-state index contributed by atoms with van der Waals surface area (Å²) in [4.78, 5) is 14.7. The zero-order valence-corrected chi connectivity index (χ0v) is 15.1. The minimum absolute atomic E-state index is 0.0366. The molecular weight excluding hydrogens is 316 g/mol. The molecular formula is C20H24N2OS. The summed E-state index contributed by atoms with van der Waals surface area (Å²) in [5.74, 6) is 0.0366. The molecule has 0 spiro atoms. The first kappa shape index (κ1) is 18.1. The van der Waals surface area contributed by atoms with E-state index in [9.17, 15) is 4.79 Å². The molecule has 0 saturated heterocycles. The number of hydrogen-bond donors (Lipinski definition) is 1. The van der Waals surface area contributed by atoms with E-state index in [-0.39, 0.29) is 11.9 Å². The molecule has 0 bridgehead atoms. The third-order valence-corrected chi connectivity index (χ3v) is 4.39. The lowest BCUT2D eigenvalue weighted by molar-refractivity contribution is -0.130. The third kappa shape index (κ3) is 5.17. The second-order valence-corrected chi connectivity index (χ2v) is 6.20. The molecule has 0 aliphatic heterocycles. The van der Waals surface area contributed by atoms with E-state index in [4.69, 9.17) is 12.2 Å². The van der Waals surface area contributed by atoms with E-state index in [0.29, 0.717) is 18.1 Å². The van der Waals surface area contributed by atoms with Crippen LogP contribution in [0.1, 0.15) is 31.4 Å².